The van der Waals surface area contributed by atoms with Gasteiger partial charge in [0.25, 0.3) is 0 Å². The number of ether oxygens (including phenoxy) is 1. The van der Waals surface area contributed by atoms with Crippen LogP contribution in [0.25, 0.3) is 0 Å². The van der Waals surface area contributed by atoms with Gasteiger partial charge in [0.15, 0.2) is 0 Å². The molecule has 0 spiro atoms. The van der Waals surface area contributed by atoms with E-state index in [1.54, 1.807) is 6.92 Å². The van der Waals surface area contributed by atoms with E-state index in [1.165, 1.54) is 12.8 Å². The van der Waals surface area contributed by atoms with Gasteiger partial charge in [0.1, 0.15) is 5.54 Å². The summed E-state index contributed by atoms with van der Waals surface area (Å²) < 4.78 is 5.49. The molecule has 0 aliphatic carbocycles. The normalized spacial score (nSPS) is 25.6. The van der Waals surface area contributed by atoms with E-state index in [9.17, 15) is 0 Å². The summed E-state index contributed by atoms with van der Waals surface area (Å²) >= 11 is 1.84. The van der Waals surface area contributed by atoms with E-state index in [1.807, 2.05) is 11.8 Å². The fraction of sp³-hybridized carbons (Fsp3) is 0.900. The Morgan fingerprint density at radius 1 is 1.71 bits per heavy atom. The monoisotopic (exact) mass is 214 g/mol. The molecule has 1 aliphatic rings. The Morgan fingerprint density at radius 3 is 3.07 bits per heavy atom. The predicted molar refractivity (Wildman–Crippen MR) is 59.1 cm³/mol. The van der Waals surface area contributed by atoms with Crippen LogP contribution in [0.15, 0.2) is 0 Å². The zero-order valence-electron chi connectivity index (χ0n) is 8.66. The molecule has 1 heterocycles. The second-order valence-corrected chi connectivity index (χ2v) is 5.14. The van der Waals surface area contributed by atoms with Crippen molar-refractivity contribution in [3.05, 3.63) is 0 Å². The quantitative estimate of drug-likeness (QED) is 0.705. The van der Waals surface area contributed by atoms with Gasteiger partial charge in [-0.1, -0.05) is 0 Å². The van der Waals surface area contributed by atoms with Crippen LogP contribution in [0.2, 0.25) is 0 Å². The first-order valence-electron chi connectivity index (χ1n) is 5.03. The van der Waals surface area contributed by atoms with Crippen LogP contribution >= 0.6 is 11.8 Å². The van der Waals surface area contributed by atoms with Crippen molar-refractivity contribution in [1.29, 1.82) is 5.26 Å². The van der Waals surface area contributed by atoms with Crippen molar-refractivity contribution in [3.8, 4) is 6.07 Å². The number of hydrogen-bond acceptors (Lipinski definition) is 4. The van der Waals surface area contributed by atoms with E-state index in [4.69, 9.17) is 15.7 Å². The molecule has 2 unspecified atom stereocenters. The van der Waals surface area contributed by atoms with Crippen molar-refractivity contribution < 1.29 is 4.74 Å². The van der Waals surface area contributed by atoms with Gasteiger partial charge in [-0.2, -0.15) is 17.0 Å². The molecule has 2 atom stereocenters. The van der Waals surface area contributed by atoms with E-state index in [0.29, 0.717) is 6.10 Å². The van der Waals surface area contributed by atoms with Gasteiger partial charge in [-0.15, -0.1) is 0 Å². The molecular formula is C10H18N2OS. The Kier molecular flexibility index (Phi) is 4.73. The Balaban J connectivity index is 2.02. The predicted octanol–water partition coefficient (Wildman–Crippen LogP) is 1.53. The summed E-state index contributed by atoms with van der Waals surface area (Å²) in [5.41, 5.74) is 5.04. The molecule has 0 aromatic rings. The fourth-order valence-corrected chi connectivity index (χ4v) is 2.59. The molecule has 0 radical (unpaired) electrons. The first-order chi connectivity index (χ1) is 6.64. The first-order valence-corrected chi connectivity index (χ1v) is 6.19. The maximum absolute atomic E-state index is 8.70. The number of rotatable bonds is 5. The average Bonchev–Trinajstić information content (AvgIpc) is 2.65. The number of nitrogens with zero attached hydrogens (tertiary/aromatic N) is 1. The van der Waals surface area contributed by atoms with Crippen LogP contribution in [0.1, 0.15) is 26.2 Å². The van der Waals surface area contributed by atoms with E-state index in [2.05, 4.69) is 6.07 Å². The van der Waals surface area contributed by atoms with E-state index < -0.39 is 5.54 Å². The standard InChI is InChI=1S/C10H18N2OS/c1-10(12,8-11)4-6-14-7-9-3-2-5-13-9/h9H,2-7,12H2,1H3. The Bertz CT molecular complexity index is 207. The first kappa shape index (κ1) is 11.8. The van der Waals surface area contributed by atoms with E-state index in [-0.39, 0.29) is 0 Å². The summed E-state index contributed by atoms with van der Waals surface area (Å²) in [4.78, 5) is 0. The molecule has 0 aromatic carbocycles. The summed E-state index contributed by atoms with van der Waals surface area (Å²) in [6.07, 6.45) is 3.57. The molecule has 4 heteroatoms. The fourth-order valence-electron chi connectivity index (χ4n) is 1.33. The topological polar surface area (TPSA) is 59.0 Å². The molecule has 0 amide bonds. The highest BCUT2D eigenvalue weighted by Gasteiger charge is 2.18. The van der Waals surface area contributed by atoms with Crippen molar-refractivity contribution in [2.75, 3.05) is 18.1 Å². The highest BCUT2D eigenvalue weighted by Crippen LogP contribution is 2.18. The largest absolute Gasteiger partial charge is 0.377 e. The van der Waals surface area contributed by atoms with Crippen LogP contribution in [-0.4, -0.2) is 29.8 Å². The zero-order chi connectivity index (χ0) is 10.4. The number of hydrogen-bond donors (Lipinski definition) is 1. The van der Waals surface area contributed by atoms with Crippen LogP contribution in [0.3, 0.4) is 0 Å². The molecule has 0 aromatic heterocycles. The third kappa shape index (κ3) is 4.32. The molecule has 1 aliphatic heterocycles. The van der Waals surface area contributed by atoms with Crippen LogP contribution in [0.4, 0.5) is 0 Å². The lowest BCUT2D eigenvalue weighted by Gasteiger charge is -2.15. The summed E-state index contributed by atoms with van der Waals surface area (Å²) in [5.74, 6) is 1.99. The molecule has 80 valence electrons. The maximum Gasteiger partial charge on any atom is 0.102 e. The average molecular weight is 214 g/mol. The van der Waals surface area contributed by atoms with Crippen molar-refractivity contribution in [2.24, 2.45) is 5.73 Å². The lowest BCUT2D eigenvalue weighted by atomic mass is 10.0. The van der Waals surface area contributed by atoms with Crippen LogP contribution in [0, 0.1) is 11.3 Å². The smallest absolute Gasteiger partial charge is 0.102 e. The maximum atomic E-state index is 8.70. The Morgan fingerprint density at radius 2 is 2.50 bits per heavy atom. The van der Waals surface area contributed by atoms with Gasteiger partial charge in [-0.05, 0) is 31.9 Å². The second-order valence-electron chi connectivity index (χ2n) is 3.99. The van der Waals surface area contributed by atoms with Crippen molar-refractivity contribution in [3.63, 3.8) is 0 Å². The Hall–Kier alpha value is -0.240. The summed E-state index contributed by atoms with van der Waals surface area (Å²) in [5, 5.41) is 8.70. The highest BCUT2D eigenvalue weighted by molar-refractivity contribution is 7.99. The van der Waals surface area contributed by atoms with Gasteiger partial charge in [-0.25, -0.2) is 0 Å². The number of thioether (sulfide) groups is 1. The van der Waals surface area contributed by atoms with Gasteiger partial charge >= 0.3 is 0 Å². The van der Waals surface area contributed by atoms with Gasteiger partial charge in [0.2, 0.25) is 0 Å². The molecule has 2 N–H and O–H groups in total. The van der Waals surface area contributed by atoms with E-state index >= 15 is 0 Å². The highest BCUT2D eigenvalue weighted by atomic mass is 32.2. The minimum Gasteiger partial charge on any atom is -0.377 e. The minimum absolute atomic E-state index is 0.436. The van der Waals surface area contributed by atoms with Crippen LogP contribution in [0.5, 0.6) is 0 Å². The molecule has 1 rings (SSSR count). The molecule has 1 fully saturated rings. The van der Waals surface area contributed by atoms with Crippen molar-refractivity contribution >= 4 is 11.8 Å². The lowest BCUT2D eigenvalue weighted by molar-refractivity contribution is 0.129. The minimum atomic E-state index is -0.663. The van der Waals surface area contributed by atoms with Crippen molar-refractivity contribution in [1.82, 2.24) is 0 Å². The summed E-state index contributed by atoms with van der Waals surface area (Å²) in [6.45, 7) is 2.69. The molecule has 0 saturated carbocycles. The zero-order valence-corrected chi connectivity index (χ0v) is 9.48. The second kappa shape index (κ2) is 5.59. The van der Waals surface area contributed by atoms with Crippen molar-refractivity contribution in [2.45, 2.75) is 37.8 Å². The molecule has 14 heavy (non-hydrogen) atoms. The SMILES string of the molecule is CC(N)(C#N)CCSCC1CCCO1. The summed E-state index contributed by atoms with van der Waals surface area (Å²) in [7, 11) is 0. The summed E-state index contributed by atoms with van der Waals surface area (Å²) in [6, 6.07) is 2.10. The molecular weight excluding hydrogens is 196 g/mol. The van der Waals surface area contributed by atoms with E-state index in [0.717, 1.165) is 24.5 Å². The van der Waals surface area contributed by atoms with Crippen LogP contribution < -0.4 is 5.73 Å². The molecule has 0 bridgehead atoms. The lowest BCUT2D eigenvalue weighted by Crippen LogP contribution is -2.34. The van der Waals surface area contributed by atoms with Gasteiger partial charge < -0.3 is 10.5 Å². The number of nitriles is 1. The number of nitrogens with two attached hydrogens (primary N) is 1. The van der Waals surface area contributed by atoms with Gasteiger partial charge in [-0.3, -0.25) is 0 Å². The van der Waals surface area contributed by atoms with Gasteiger partial charge in [0.05, 0.1) is 12.2 Å². The molecule has 1 saturated heterocycles. The Labute approximate surface area is 90.0 Å². The van der Waals surface area contributed by atoms with Gasteiger partial charge in [0, 0.05) is 12.4 Å². The third-order valence-corrected chi connectivity index (χ3v) is 3.45. The molecule has 3 nitrogen and oxygen atoms in total. The third-order valence-electron chi connectivity index (χ3n) is 2.35. The van der Waals surface area contributed by atoms with Crippen LogP contribution in [-0.2, 0) is 4.74 Å².